The Morgan fingerprint density at radius 2 is 2.29 bits per heavy atom. The first-order valence-electron chi connectivity index (χ1n) is 4.02. The fraction of sp³-hybridized carbons (Fsp3) is 0.500. The number of halogens is 2. The van der Waals surface area contributed by atoms with Gasteiger partial charge in [0, 0.05) is 11.8 Å². The van der Waals surface area contributed by atoms with Crippen LogP contribution in [0.15, 0.2) is 6.20 Å². The second-order valence-corrected chi connectivity index (χ2v) is 3.52. The number of nitrogens with zero attached hydrogens (tertiary/aromatic N) is 2. The van der Waals surface area contributed by atoms with E-state index in [1.54, 1.807) is 6.92 Å². The van der Waals surface area contributed by atoms with Crippen molar-refractivity contribution in [2.75, 3.05) is 6.61 Å². The van der Waals surface area contributed by atoms with Gasteiger partial charge in [-0.05, 0) is 18.5 Å². The van der Waals surface area contributed by atoms with Crippen LogP contribution >= 0.6 is 23.2 Å². The number of aromatic nitrogens is 2. The van der Waals surface area contributed by atoms with Gasteiger partial charge in [-0.3, -0.25) is 0 Å². The highest BCUT2D eigenvalue weighted by Crippen LogP contribution is 2.14. The molecule has 0 spiro atoms. The summed E-state index contributed by atoms with van der Waals surface area (Å²) >= 11 is 11.3. The van der Waals surface area contributed by atoms with Crippen LogP contribution in [0.5, 0.6) is 0 Å². The zero-order valence-corrected chi connectivity index (χ0v) is 9.09. The quantitative estimate of drug-likeness (QED) is 0.639. The van der Waals surface area contributed by atoms with Crippen LogP contribution in [0.1, 0.15) is 12.5 Å². The molecule has 0 aliphatic rings. The molecule has 1 unspecified atom stereocenters. The van der Waals surface area contributed by atoms with Crippen molar-refractivity contribution >= 4 is 23.2 Å². The Labute approximate surface area is 91.8 Å². The smallest absolute Gasteiger partial charge is 0.223 e. The molecule has 1 N–H and O–H groups in total. The van der Waals surface area contributed by atoms with Gasteiger partial charge in [0.15, 0.2) is 0 Å². The molecule has 1 aromatic heterocycles. The van der Waals surface area contributed by atoms with Crippen molar-refractivity contribution in [3.8, 4) is 0 Å². The highest BCUT2D eigenvalue weighted by atomic mass is 35.5. The van der Waals surface area contributed by atoms with Crippen molar-refractivity contribution in [1.29, 1.82) is 0 Å². The van der Waals surface area contributed by atoms with Crippen LogP contribution in [0.4, 0.5) is 0 Å². The van der Waals surface area contributed by atoms with E-state index in [4.69, 9.17) is 33.0 Å². The molecule has 0 saturated heterocycles. The Hall–Kier alpha value is -0.420. The molecule has 1 aromatic rings. The maximum atomic E-state index is 8.93. The lowest BCUT2D eigenvalue weighted by atomic mass is 10.3. The van der Waals surface area contributed by atoms with Crippen molar-refractivity contribution in [2.45, 2.75) is 19.6 Å². The zero-order chi connectivity index (χ0) is 10.6. The molecule has 0 aromatic carbocycles. The molecule has 0 aliphatic heterocycles. The minimum atomic E-state index is -0.498. The summed E-state index contributed by atoms with van der Waals surface area (Å²) in [6.45, 7) is 2.15. The third-order valence-corrected chi connectivity index (χ3v) is 1.91. The molecule has 0 amide bonds. The van der Waals surface area contributed by atoms with Gasteiger partial charge in [-0.15, -0.1) is 0 Å². The monoisotopic (exact) mass is 236 g/mol. The predicted octanol–water partition coefficient (Wildman–Crippen LogP) is 1.68. The largest absolute Gasteiger partial charge is 0.391 e. The minimum absolute atomic E-state index is 0.106. The van der Waals surface area contributed by atoms with Gasteiger partial charge in [-0.1, -0.05) is 11.6 Å². The Balaban J connectivity index is 2.51. The molecule has 6 heteroatoms. The predicted molar refractivity (Wildman–Crippen MR) is 53.4 cm³/mol. The molecular weight excluding hydrogens is 227 g/mol. The van der Waals surface area contributed by atoms with Gasteiger partial charge in [0.25, 0.3) is 0 Å². The fourth-order valence-electron chi connectivity index (χ4n) is 0.802. The Morgan fingerprint density at radius 1 is 1.57 bits per heavy atom. The first-order valence-corrected chi connectivity index (χ1v) is 4.78. The molecule has 0 radical (unpaired) electrons. The van der Waals surface area contributed by atoms with Gasteiger partial charge < -0.3 is 9.84 Å². The lowest BCUT2D eigenvalue weighted by Crippen LogP contribution is -2.10. The topological polar surface area (TPSA) is 55.2 Å². The van der Waals surface area contributed by atoms with Crippen LogP contribution in [0.3, 0.4) is 0 Å². The summed E-state index contributed by atoms with van der Waals surface area (Å²) < 4.78 is 5.14. The van der Waals surface area contributed by atoms with Crippen LogP contribution in [0, 0.1) is 0 Å². The minimum Gasteiger partial charge on any atom is -0.391 e. The van der Waals surface area contributed by atoms with Crippen LogP contribution in [-0.4, -0.2) is 27.8 Å². The van der Waals surface area contributed by atoms with Gasteiger partial charge in [0.2, 0.25) is 5.28 Å². The standard InChI is InChI=1S/C8H10Cl2N2O2/c1-5(13)3-14-4-6-2-11-8(10)12-7(6)9/h2,5,13H,3-4H2,1H3. The Bertz CT molecular complexity index is 307. The first-order chi connectivity index (χ1) is 6.59. The first kappa shape index (κ1) is 11.7. The van der Waals surface area contributed by atoms with Gasteiger partial charge in [-0.25, -0.2) is 9.97 Å². The van der Waals surface area contributed by atoms with E-state index in [0.717, 1.165) is 0 Å². The van der Waals surface area contributed by atoms with Crippen molar-refractivity contribution in [3.63, 3.8) is 0 Å². The summed E-state index contributed by atoms with van der Waals surface area (Å²) in [7, 11) is 0. The molecule has 0 fully saturated rings. The molecule has 4 nitrogen and oxygen atoms in total. The highest BCUT2D eigenvalue weighted by molar-refractivity contribution is 6.32. The van der Waals surface area contributed by atoms with Gasteiger partial charge >= 0.3 is 0 Å². The van der Waals surface area contributed by atoms with E-state index in [-0.39, 0.29) is 23.7 Å². The average Bonchev–Trinajstić information content (AvgIpc) is 2.08. The number of aliphatic hydroxyl groups excluding tert-OH is 1. The van der Waals surface area contributed by atoms with Crippen molar-refractivity contribution in [3.05, 3.63) is 22.2 Å². The molecule has 1 atom stereocenters. The van der Waals surface area contributed by atoms with E-state index in [2.05, 4.69) is 9.97 Å². The SMILES string of the molecule is CC(O)COCc1cnc(Cl)nc1Cl. The summed E-state index contributed by atoms with van der Waals surface area (Å²) in [6.07, 6.45) is 1.00. The van der Waals surface area contributed by atoms with Gasteiger partial charge in [0.05, 0.1) is 19.3 Å². The molecule has 1 rings (SSSR count). The molecule has 0 aliphatic carbocycles. The molecule has 0 saturated carbocycles. The van der Waals surface area contributed by atoms with Crippen LogP contribution in [0.25, 0.3) is 0 Å². The van der Waals surface area contributed by atoms with Crippen LogP contribution < -0.4 is 0 Å². The van der Waals surface area contributed by atoms with Gasteiger partial charge in [-0.2, -0.15) is 0 Å². The Kier molecular flexibility index (Phi) is 4.54. The van der Waals surface area contributed by atoms with Crippen molar-refractivity contribution in [2.24, 2.45) is 0 Å². The number of hydrogen-bond acceptors (Lipinski definition) is 4. The van der Waals surface area contributed by atoms with E-state index in [1.165, 1.54) is 6.20 Å². The van der Waals surface area contributed by atoms with Crippen LogP contribution in [0.2, 0.25) is 10.4 Å². The summed E-state index contributed by atoms with van der Waals surface area (Å²) in [5, 5.41) is 9.31. The van der Waals surface area contributed by atoms with Crippen LogP contribution in [-0.2, 0) is 11.3 Å². The number of ether oxygens (including phenoxy) is 1. The van der Waals surface area contributed by atoms with E-state index >= 15 is 0 Å². The number of hydrogen-bond donors (Lipinski definition) is 1. The molecule has 14 heavy (non-hydrogen) atoms. The maximum absolute atomic E-state index is 8.93. The fourth-order valence-corrected chi connectivity index (χ4v) is 1.16. The molecule has 0 bridgehead atoms. The second kappa shape index (κ2) is 5.46. The third-order valence-electron chi connectivity index (χ3n) is 1.40. The molecule has 1 heterocycles. The second-order valence-electron chi connectivity index (χ2n) is 2.82. The normalized spacial score (nSPS) is 12.9. The average molecular weight is 237 g/mol. The van der Waals surface area contributed by atoms with Crippen molar-refractivity contribution in [1.82, 2.24) is 9.97 Å². The highest BCUT2D eigenvalue weighted by Gasteiger charge is 2.04. The summed E-state index contributed by atoms with van der Waals surface area (Å²) in [4.78, 5) is 7.51. The lowest BCUT2D eigenvalue weighted by molar-refractivity contribution is 0.0374. The number of rotatable bonds is 4. The maximum Gasteiger partial charge on any atom is 0.223 e. The third kappa shape index (κ3) is 3.75. The zero-order valence-electron chi connectivity index (χ0n) is 7.57. The summed E-state index contributed by atoms with van der Waals surface area (Å²) in [6, 6.07) is 0. The van der Waals surface area contributed by atoms with E-state index in [1.807, 2.05) is 0 Å². The Morgan fingerprint density at radius 3 is 2.86 bits per heavy atom. The molecular formula is C8H10Cl2N2O2. The lowest BCUT2D eigenvalue weighted by Gasteiger charge is -2.06. The number of aliphatic hydroxyl groups is 1. The molecule has 78 valence electrons. The van der Waals surface area contributed by atoms with Crippen molar-refractivity contribution < 1.29 is 9.84 Å². The van der Waals surface area contributed by atoms with E-state index in [0.29, 0.717) is 5.56 Å². The van der Waals surface area contributed by atoms with E-state index in [9.17, 15) is 0 Å². The van der Waals surface area contributed by atoms with E-state index < -0.39 is 6.10 Å². The van der Waals surface area contributed by atoms with Gasteiger partial charge in [0.1, 0.15) is 5.15 Å². The summed E-state index contributed by atoms with van der Waals surface area (Å²) in [5.74, 6) is 0. The summed E-state index contributed by atoms with van der Waals surface area (Å²) in [5.41, 5.74) is 0.650.